The summed E-state index contributed by atoms with van der Waals surface area (Å²) in [6.45, 7) is 0. The number of benzene rings is 5. The van der Waals surface area contributed by atoms with Gasteiger partial charge in [0.15, 0.2) is 0 Å². The molecule has 1 fully saturated rings. The van der Waals surface area contributed by atoms with Gasteiger partial charge in [0.25, 0.3) is 0 Å². The summed E-state index contributed by atoms with van der Waals surface area (Å²) in [7, 11) is 0. The van der Waals surface area contributed by atoms with Crippen molar-refractivity contribution in [2.75, 3.05) is 4.90 Å². The van der Waals surface area contributed by atoms with E-state index in [9.17, 15) is 0 Å². The van der Waals surface area contributed by atoms with Gasteiger partial charge in [-0.3, -0.25) is 0 Å². The average molecular weight is 464 g/mol. The highest BCUT2D eigenvalue weighted by atomic mass is 15.2. The van der Waals surface area contributed by atoms with Gasteiger partial charge in [-0.2, -0.15) is 0 Å². The third kappa shape index (κ3) is 3.31. The largest absolute Gasteiger partial charge is 0.310 e. The van der Waals surface area contributed by atoms with Gasteiger partial charge in [-0.05, 0) is 76.6 Å². The van der Waals surface area contributed by atoms with Crippen LogP contribution in [-0.2, 0) is 5.41 Å². The summed E-state index contributed by atoms with van der Waals surface area (Å²) in [6, 6.07) is 46.8. The van der Waals surface area contributed by atoms with Crippen molar-refractivity contribution >= 4 is 17.1 Å². The molecule has 0 unspecified atom stereocenters. The van der Waals surface area contributed by atoms with E-state index >= 15 is 0 Å². The lowest BCUT2D eigenvalue weighted by atomic mass is 9.69. The fourth-order valence-electron chi connectivity index (χ4n) is 6.55. The highest BCUT2D eigenvalue weighted by Crippen LogP contribution is 2.58. The van der Waals surface area contributed by atoms with Gasteiger partial charge in [0.2, 0.25) is 0 Å². The predicted octanol–water partition coefficient (Wildman–Crippen LogP) is 9.66. The van der Waals surface area contributed by atoms with Gasteiger partial charge in [0.05, 0.1) is 11.4 Å². The molecule has 5 aromatic rings. The highest BCUT2D eigenvalue weighted by Gasteiger charge is 2.45. The molecule has 1 heteroatoms. The minimum absolute atomic E-state index is 0.128. The van der Waals surface area contributed by atoms with E-state index in [4.69, 9.17) is 0 Å². The first kappa shape index (κ1) is 21.2. The van der Waals surface area contributed by atoms with E-state index in [0.717, 1.165) is 0 Å². The van der Waals surface area contributed by atoms with Crippen molar-refractivity contribution < 1.29 is 0 Å². The minimum atomic E-state index is 0.128. The maximum absolute atomic E-state index is 2.51. The van der Waals surface area contributed by atoms with Gasteiger partial charge in [0.1, 0.15) is 0 Å². The molecule has 1 saturated carbocycles. The van der Waals surface area contributed by atoms with Crippen LogP contribution in [0.5, 0.6) is 0 Å². The van der Waals surface area contributed by atoms with Crippen LogP contribution in [0.15, 0.2) is 127 Å². The zero-order valence-corrected chi connectivity index (χ0v) is 20.4. The standard InChI is InChI=1S/C35H29N/c1-3-13-26(14-4-1)28-23-29(27-15-5-2-6-16-27)25-30(24-28)36-33-19-9-7-17-31(33)35(21-11-12-22-35)32-18-8-10-20-34(32)36/h1-10,13-20,23-25H,11-12,21-22H2. The summed E-state index contributed by atoms with van der Waals surface area (Å²) in [6.07, 6.45) is 5.05. The molecule has 7 rings (SSSR count). The highest BCUT2D eigenvalue weighted by molar-refractivity contribution is 5.90. The third-order valence-electron chi connectivity index (χ3n) is 8.17. The van der Waals surface area contributed by atoms with Crippen LogP contribution in [0.2, 0.25) is 0 Å². The number of nitrogens with zero attached hydrogens (tertiary/aromatic N) is 1. The Kier molecular flexibility index (Phi) is 5.03. The Morgan fingerprint density at radius 2 is 0.889 bits per heavy atom. The molecule has 5 aromatic carbocycles. The van der Waals surface area contributed by atoms with E-state index in [-0.39, 0.29) is 5.41 Å². The normalized spacial score (nSPS) is 15.5. The van der Waals surface area contributed by atoms with Gasteiger partial charge in [-0.1, -0.05) is 110 Å². The van der Waals surface area contributed by atoms with E-state index in [2.05, 4.69) is 132 Å². The van der Waals surface area contributed by atoms with Crippen LogP contribution < -0.4 is 4.90 Å². The number of rotatable bonds is 3. The fourth-order valence-corrected chi connectivity index (χ4v) is 6.55. The Hall–Kier alpha value is -4.10. The molecule has 0 aromatic heterocycles. The zero-order chi connectivity index (χ0) is 24.0. The van der Waals surface area contributed by atoms with Gasteiger partial charge in [-0.15, -0.1) is 0 Å². The molecule has 1 heterocycles. The first-order valence-electron chi connectivity index (χ1n) is 13.1. The van der Waals surface area contributed by atoms with Crippen molar-refractivity contribution in [1.82, 2.24) is 0 Å². The van der Waals surface area contributed by atoms with Gasteiger partial charge in [-0.25, -0.2) is 0 Å². The van der Waals surface area contributed by atoms with E-state index in [1.807, 2.05) is 0 Å². The molecule has 2 aliphatic rings. The summed E-state index contributed by atoms with van der Waals surface area (Å²) in [5, 5.41) is 0. The van der Waals surface area contributed by atoms with Crippen LogP contribution in [0.1, 0.15) is 36.8 Å². The number of hydrogen-bond donors (Lipinski definition) is 0. The molecule has 36 heavy (non-hydrogen) atoms. The van der Waals surface area contributed by atoms with Crippen molar-refractivity contribution in [2.24, 2.45) is 0 Å². The second-order valence-corrected chi connectivity index (χ2v) is 10.2. The summed E-state index contributed by atoms with van der Waals surface area (Å²) in [5.41, 5.74) is 11.9. The van der Waals surface area contributed by atoms with E-state index in [1.165, 1.54) is 76.1 Å². The lowest BCUT2D eigenvalue weighted by Gasteiger charge is -2.44. The maximum atomic E-state index is 2.51. The molecule has 0 radical (unpaired) electrons. The minimum Gasteiger partial charge on any atom is -0.310 e. The molecule has 1 spiro atoms. The molecular weight excluding hydrogens is 434 g/mol. The molecule has 0 atom stereocenters. The Balaban J connectivity index is 1.50. The number of hydrogen-bond acceptors (Lipinski definition) is 1. The predicted molar refractivity (Wildman–Crippen MR) is 151 cm³/mol. The number of para-hydroxylation sites is 2. The van der Waals surface area contributed by atoms with E-state index < -0.39 is 0 Å². The van der Waals surface area contributed by atoms with Crippen LogP contribution >= 0.6 is 0 Å². The summed E-state index contributed by atoms with van der Waals surface area (Å²) >= 11 is 0. The lowest BCUT2D eigenvalue weighted by molar-refractivity contribution is 0.530. The Bertz CT molecular complexity index is 1420. The molecule has 174 valence electrons. The quantitative estimate of drug-likeness (QED) is 0.257. The van der Waals surface area contributed by atoms with Crippen LogP contribution in [0.3, 0.4) is 0 Å². The second-order valence-electron chi connectivity index (χ2n) is 10.2. The zero-order valence-electron chi connectivity index (χ0n) is 20.4. The van der Waals surface area contributed by atoms with Crippen LogP contribution in [-0.4, -0.2) is 0 Å². The molecule has 0 amide bonds. The Morgan fingerprint density at radius 3 is 1.39 bits per heavy atom. The average Bonchev–Trinajstić information content (AvgIpc) is 3.45. The SMILES string of the molecule is c1ccc(-c2cc(-c3ccccc3)cc(N3c4ccccc4C4(CCCC4)c4ccccc43)c2)cc1. The lowest BCUT2D eigenvalue weighted by Crippen LogP contribution is -2.33. The maximum Gasteiger partial charge on any atom is 0.0502 e. The number of fused-ring (bicyclic) bond motifs is 4. The molecular formula is C35H29N. The third-order valence-corrected chi connectivity index (χ3v) is 8.17. The molecule has 0 bridgehead atoms. The summed E-state index contributed by atoms with van der Waals surface area (Å²) in [4.78, 5) is 2.51. The monoisotopic (exact) mass is 463 g/mol. The fraction of sp³-hybridized carbons (Fsp3) is 0.143. The van der Waals surface area contributed by atoms with Crippen molar-refractivity contribution in [2.45, 2.75) is 31.1 Å². The molecule has 0 saturated heterocycles. The van der Waals surface area contributed by atoms with Crippen LogP contribution in [0.4, 0.5) is 17.1 Å². The topological polar surface area (TPSA) is 3.24 Å². The van der Waals surface area contributed by atoms with Crippen molar-refractivity contribution in [3.63, 3.8) is 0 Å². The second kappa shape index (κ2) is 8.53. The van der Waals surface area contributed by atoms with Gasteiger partial charge < -0.3 is 4.90 Å². The van der Waals surface area contributed by atoms with Crippen molar-refractivity contribution in [1.29, 1.82) is 0 Å². The first-order chi connectivity index (χ1) is 17.8. The Labute approximate surface area is 213 Å². The first-order valence-corrected chi connectivity index (χ1v) is 13.1. The summed E-state index contributed by atoms with van der Waals surface area (Å²) in [5.74, 6) is 0. The molecule has 1 aliphatic heterocycles. The smallest absolute Gasteiger partial charge is 0.0502 e. The summed E-state index contributed by atoms with van der Waals surface area (Å²) < 4.78 is 0. The van der Waals surface area contributed by atoms with Crippen molar-refractivity contribution in [3.05, 3.63) is 139 Å². The van der Waals surface area contributed by atoms with Gasteiger partial charge in [0, 0.05) is 11.1 Å². The van der Waals surface area contributed by atoms with E-state index in [0.29, 0.717) is 0 Å². The number of anilines is 3. The van der Waals surface area contributed by atoms with Crippen LogP contribution in [0, 0.1) is 0 Å². The molecule has 0 N–H and O–H groups in total. The van der Waals surface area contributed by atoms with Crippen LogP contribution in [0.25, 0.3) is 22.3 Å². The van der Waals surface area contributed by atoms with E-state index in [1.54, 1.807) is 0 Å². The molecule has 1 aliphatic carbocycles. The van der Waals surface area contributed by atoms with Gasteiger partial charge >= 0.3 is 0 Å². The Morgan fingerprint density at radius 1 is 0.444 bits per heavy atom. The molecule has 1 nitrogen and oxygen atoms in total. The van der Waals surface area contributed by atoms with Crippen molar-refractivity contribution in [3.8, 4) is 22.3 Å².